The number of aromatic amines is 1. The number of nitrogens with zero attached hydrogens (tertiary/aromatic N) is 1. The Bertz CT molecular complexity index is 640. The standard InChI is InChI=1S/C14H18BrN3O/c1-9(10-3-2-5-16-7-10)18-8-12(15)11-4-6-17-14(19)13(11)18/h4,6,8-10,16H,2-3,5,7H2,1H3,(H,17,19). The maximum Gasteiger partial charge on any atom is 0.272 e. The molecule has 0 aliphatic carbocycles. The van der Waals surface area contributed by atoms with Crippen LogP contribution in [0.15, 0.2) is 27.7 Å². The highest BCUT2D eigenvalue weighted by Crippen LogP contribution is 2.31. The molecule has 2 unspecified atom stereocenters. The van der Waals surface area contributed by atoms with Gasteiger partial charge in [0, 0.05) is 28.3 Å². The summed E-state index contributed by atoms with van der Waals surface area (Å²) in [5.74, 6) is 0.579. The molecule has 2 aromatic heterocycles. The molecular formula is C14H18BrN3O. The quantitative estimate of drug-likeness (QED) is 0.892. The number of pyridine rings is 1. The first-order chi connectivity index (χ1) is 9.18. The van der Waals surface area contributed by atoms with Crippen LogP contribution in [0.25, 0.3) is 10.9 Å². The fourth-order valence-corrected chi connectivity index (χ4v) is 3.55. The Labute approximate surface area is 120 Å². The van der Waals surface area contributed by atoms with E-state index >= 15 is 0 Å². The molecule has 0 spiro atoms. The summed E-state index contributed by atoms with van der Waals surface area (Å²) >= 11 is 3.55. The summed E-state index contributed by atoms with van der Waals surface area (Å²) < 4.78 is 3.11. The monoisotopic (exact) mass is 323 g/mol. The lowest BCUT2D eigenvalue weighted by atomic mass is 9.92. The van der Waals surface area contributed by atoms with Gasteiger partial charge >= 0.3 is 0 Å². The van der Waals surface area contributed by atoms with Crippen LogP contribution in [0.4, 0.5) is 0 Å². The van der Waals surface area contributed by atoms with Crippen molar-refractivity contribution < 1.29 is 0 Å². The molecule has 0 saturated carbocycles. The molecule has 2 atom stereocenters. The second kappa shape index (κ2) is 5.13. The average molecular weight is 324 g/mol. The molecule has 1 fully saturated rings. The molecule has 1 saturated heterocycles. The minimum absolute atomic E-state index is 0.0150. The second-order valence-corrected chi connectivity index (χ2v) is 6.15. The summed E-state index contributed by atoms with van der Waals surface area (Å²) in [7, 11) is 0. The summed E-state index contributed by atoms with van der Waals surface area (Å²) in [6.07, 6.45) is 6.17. The van der Waals surface area contributed by atoms with Gasteiger partial charge in [0.05, 0.1) is 0 Å². The molecular weight excluding hydrogens is 306 g/mol. The predicted molar refractivity (Wildman–Crippen MR) is 80.6 cm³/mol. The number of halogens is 1. The third-order valence-electron chi connectivity index (χ3n) is 4.16. The van der Waals surface area contributed by atoms with E-state index in [1.165, 1.54) is 12.8 Å². The lowest BCUT2D eigenvalue weighted by molar-refractivity contribution is 0.284. The first-order valence-corrected chi connectivity index (χ1v) is 7.56. The fourth-order valence-electron chi connectivity index (χ4n) is 3.01. The minimum Gasteiger partial charge on any atom is -0.339 e. The van der Waals surface area contributed by atoms with Crippen molar-refractivity contribution in [3.8, 4) is 0 Å². The van der Waals surface area contributed by atoms with E-state index in [-0.39, 0.29) is 5.56 Å². The zero-order chi connectivity index (χ0) is 13.4. The van der Waals surface area contributed by atoms with Crippen LogP contribution in [0, 0.1) is 5.92 Å². The van der Waals surface area contributed by atoms with E-state index in [1.54, 1.807) is 6.20 Å². The molecule has 4 nitrogen and oxygen atoms in total. The molecule has 2 aromatic rings. The van der Waals surface area contributed by atoms with Crippen LogP contribution < -0.4 is 10.9 Å². The Kier molecular flexibility index (Phi) is 3.50. The number of H-pyrrole nitrogens is 1. The Morgan fingerprint density at radius 3 is 3.11 bits per heavy atom. The van der Waals surface area contributed by atoms with Crippen molar-refractivity contribution in [1.29, 1.82) is 0 Å². The molecule has 0 radical (unpaired) electrons. The van der Waals surface area contributed by atoms with Crippen molar-refractivity contribution >= 4 is 26.8 Å². The van der Waals surface area contributed by atoms with Gasteiger partial charge in [-0.15, -0.1) is 0 Å². The highest BCUT2D eigenvalue weighted by Gasteiger charge is 2.23. The zero-order valence-corrected chi connectivity index (χ0v) is 12.5. The van der Waals surface area contributed by atoms with Gasteiger partial charge in [-0.05, 0) is 60.8 Å². The Hall–Kier alpha value is -1.07. The van der Waals surface area contributed by atoms with Crippen LogP contribution in [0.5, 0.6) is 0 Å². The van der Waals surface area contributed by atoms with E-state index in [9.17, 15) is 4.79 Å². The summed E-state index contributed by atoms with van der Waals surface area (Å²) in [5.41, 5.74) is 0.756. The van der Waals surface area contributed by atoms with E-state index in [4.69, 9.17) is 0 Å². The minimum atomic E-state index is -0.0150. The van der Waals surface area contributed by atoms with Gasteiger partial charge in [0.25, 0.3) is 5.56 Å². The number of aromatic nitrogens is 2. The highest BCUT2D eigenvalue weighted by molar-refractivity contribution is 9.10. The van der Waals surface area contributed by atoms with Gasteiger partial charge in [0.15, 0.2) is 0 Å². The van der Waals surface area contributed by atoms with E-state index < -0.39 is 0 Å². The molecule has 3 rings (SSSR count). The molecule has 19 heavy (non-hydrogen) atoms. The van der Waals surface area contributed by atoms with Crippen molar-refractivity contribution in [2.45, 2.75) is 25.8 Å². The SMILES string of the molecule is CC(C1CCCNC1)n1cc(Br)c2cc[nH]c(=O)c21. The number of piperidine rings is 1. The fraction of sp³-hybridized carbons (Fsp3) is 0.500. The Morgan fingerprint density at radius 1 is 1.53 bits per heavy atom. The molecule has 2 N–H and O–H groups in total. The van der Waals surface area contributed by atoms with Crippen LogP contribution in [0.1, 0.15) is 25.8 Å². The van der Waals surface area contributed by atoms with Crippen molar-refractivity contribution in [3.05, 3.63) is 33.3 Å². The Balaban J connectivity index is 2.07. The van der Waals surface area contributed by atoms with Gasteiger partial charge in [-0.2, -0.15) is 0 Å². The molecule has 3 heterocycles. The second-order valence-electron chi connectivity index (χ2n) is 5.30. The highest BCUT2D eigenvalue weighted by atomic mass is 79.9. The normalized spacial score (nSPS) is 21.7. The molecule has 102 valence electrons. The lowest BCUT2D eigenvalue weighted by Crippen LogP contribution is -2.34. The van der Waals surface area contributed by atoms with E-state index in [1.807, 2.05) is 12.3 Å². The van der Waals surface area contributed by atoms with Crippen molar-refractivity contribution in [3.63, 3.8) is 0 Å². The number of hydrogen-bond donors (Lipinski definition) is 2. The number of fused-ring (bicyclic) bond motifs is 1. The van der Waals surface area contributed by atoms with Crippen LogP contribution in [-0.2, 0) is 0 Å². The van der Waals surface area contributed by atoms with Gasteiger partial charge in [-0.3, -0.25) is 4.79 Å². The van der Waals surface area contributed by atoms with Crippen molar-refractivity contribution in [1.82, 2.24) is 14.9 Å². The van der Waals surface area contributed by atoms with Crippen LogP contribution >= 0.6 is 15.9 Å². The number of rotatable bonds is 2. The molecule has 5 heteroatoms. The Morgan fingerprint density at radius 2 is 2.37 bits per heavy atom. The lowest BCUT2D eigenvalue weighted by Gasteiger charge is -2.29. The van der Waals surface area contributed by atoms with Gasteiger partial charge in [-0.25, -0.2) is 0 Å². The topological polar surface area (TPSA) is 49.8 Å². The summed E-state index contributed by atoms with van der Waals surface area (Å²) in [5, 5.41) is 4.43. The van der Waals surface area contributed by atoms with Gasteiger partial charge in [-0.1, -0.05) is 0 Å². The van der Waals surface area contributed by atoms with Gasteiger partial charge in [0.1, 0.15) is 5.52 Å². The van der Waals surface area contributed by atoms with Crippen molar-refractivity contribution in [2.24, 2.45) is 5.92 Å². The predicted octanol–water partition coefficient (Wildman–Crippen LogP) is 2.65. The summed E-state index contributed by atoms with van der Waals surface area (Å²) in [6, 6.07) is 2.27. The van der Waals surface area contributed by atoms with Gasteiger partial charge < -0.3 is 14.9 Å². The molecule has 0 amide bonds. The van der Waals surface area contributed by atoms with Gasteiger partial charge in [0.2, 0.25) is 0 Å². The third kappa shape index (κ3) is 2.25. The third-order valence-corrected chi connectivity index (χ3v) is 4.79. The number of hydrogen-bond acceptors (Lipinski definition) is 2. The smallest absolute Gasteiger partial charge is 0.272 e. The summed E-state index contributed by atoms with van der Waals surface area (Å²) in [6.45, 7) is 4.35. The average Bonchev–Trinajstić information content (AvgIpc) is 2.78. The first kappa shape index (κ1) is 12.9. The molecule has 1 aliphatic heterocycles. The van der Waals surface area contributed by atoms with Crippen LogP contribution in [0.2, 0.25) is 0 Å². The van der Waals surface area contributed by atoms with E-state index in [2.05, 4.69) is 37.7 Å². The molecule has 0 aromatic carbocycles. The molecule has 0 bridgehead atoms. The maximum atomic E-state index is 12.1. The largest absolute Gasteiger partial charge is 0.339 e. The van der Waals surface area contributed by atoms with E-state index in [0.717, 1.165) is 28.5 Å². The van der Waals surface area contributed by atoms with Crippen molar-refractivity contribution in [2.75, 3.05) is 13.1 Å². The zero-order valence-electron chi connectivity index (χ0n) is 10.9. The molecule has 1 aliphatic rings. The van der Waals surface area contributed by atoms with Crippen LogP contribution in [-0.4, -0.2) is 22.6 Å². The summed E-state index contributed by atoms with van der Waals surface area (Å²) in [4.78, 5) is 14.9. The maximum absolute atomic E-state index is 12.1. The number of nitrogens with one attached hydrogen (secondary N) is 2. The van der Waals surface area contributed by atoms with Crippen LogP contribution in [0.3, 0.4) is 0 Å². The van der Waals surface area contributed by atoms with E-state index in [0.29, 0.717) is 12.0 Å². The first-order valence-electron chi connectivity index (χ1n) is 6.77.